The van der Waals surface area contributed by atoms with E-state index in [1.54, 1.807) is 6.20 Å². The van der Waals surface area contributed by atoms with Crippen LogP contribution in [0.4, 0.5) is 5.82 Å². The molecule has 1 amide bonds. The van der Waals surface area contributed by atoms with Crippen molar-refractivity contribution in [2.75, 3.05) is 24.5 Å². The van der Waals surface area contributed by atoms with Crippen molar-refractivity contribution in [1.82, 2.24) is 15.3 Å². The maximum Gasteiger partial charge on any atom is 0.230 e. The lowest BCUT2D eigenvalue weighted by Crippen LogP contribution is -2.61. The first-order valence-electron chi connectivity index (χ1n) is 7.54. The minimum Gasteiger partial charge on any atom is -0.392 e. The number of carbonyl (C=O) groups excluding carboxylic acids is 1. The number of anilines is 1. The van der Waals surface area contributed by atoms with Crippen molar-refractivity contribution in [2.45, 2.75) is 39.2 Å². The highest BCUT2D eigenvalue weighted by Crippen LogP contribution is 2.38. The summed E-state index contributed by atoms with van der Waals surface area (Å²) in [6.07, 6.45) is 3.41. The van der Waals surface area contributed by atoms with Crippen LogP contribution in [-0.4, -0.2) is 46.7 Å². The molecule has 0 bridgehead atoms. The van der Waals surface area contributed by atoms with E-state index in [9.17, 15) is 9.90 Å². The number of carbonyl (C=O) groups is 1. The van der Waals surface area contributed by atoms with E-state index in [0.29, 0.717) is 26.1 Å². The number of aromatic nitrogens is 2. The van der Waals surface area contributed by atoms with Crippen molar-refractivity contribution in [3.8, 4) is 0 Å². The monoisotopic (exact) mass is 290 g/mol. The van der Waals surface area contributed by atoms with E-state index in [1.165, 1.54) is 0 Å². The van der Waals surface area contributed by atoms with Crippen molar-refractivity contribution in [1.29, 1.82) is 0 Å². The number of amides is 1. The number of aliphatic hydroxyl groups is 1. The maximum absolute atomic E-state index is 12.3. The molecule has 3 rings (SSSR count). The molecular weight excluding hydrogens is 268 g/mol. The van der Waals surface area contributed by atoms with Gasteiger partial charge in [0.2, 0.25) is 5.91 Å². The Hall–Kier alpha value is -1.69. The molecule has 0 aliphatic carbocycles. The van der Waals surface area contributed by atoms with Gasteiger partial charge in [0.05, 0.1) is 29.1 Å². The smallest absolute Gasteiger partial charge is 0.230 e. The summed E-state index contributed by atoms with van der Waals surface area (Å²) in [4.78, 5) is 23.4. The van der Waals surface area contributed by atoms with Crippen LogP contribution in [0.25, 0.3) is 0 Å². The summed E-state index contributed by atoms with van der Waals surface area (Å²) in [6.45, 7) is 5.79. The molecular formula is C15H22N4O2. The first kappa shape index (κ1) is 14.3. The second-order valence-corrected chi connectivity index (χ2v) is 6.14. The van der Waals surface area contributed by atoms with E-state index >= 15 is 0 Å². The summed E-state index contributed by atoms with van der Waals surface area (Å²) >= 11 is 0. The Bertz CT molecular complexity index is 563. The number of nitrogens with zero attached hydrogens (tertiary/aromatic N) is 3. The van der Waals surface area contributed by atoms with E-state index in [-0.39, 0.29) is 5.91 Å². The molecule has 1 spiro atoms. The van der Waals surface area contributed by atoms with E-state index in [4.69, 9.17) is 0 Å². The first-order chi connectivity index (χ1) is 10.0. The van der Waals surface area contributed by atoms with Crippen LogP contribution in [0, 0.1) is 19.3 Å². The third-order valence-corrected chi connectivity index (χ3v) is 4.82. The molecule has 2 saturated heterocycles. The van der Waals surface area contributed by atoms with Crippen LogP contribution in [0.3, 0.4) is 0 Å². The third-order valence-electron chi connectivity index (χ3n) is 4.82. The second kappa shape index (κ2) is 5.26. The zero-order valence-corrected chi connectivity index (χ0v) is 12.6. The summed E-state index contributed by atoms with van der Waals surface area (Å²) in [5, 5.41) is 13.3. The summed E-state index contributed by atoms with van der Waals surface area (Å²) in [5.41, 5.74) is 1.12. The van der Waals surface area contributed by atoms with E-state index in [0.717, 1.165) is 30.0 Å². The fourth-order valence-electron chi connectivity index (χ4n) is 3.32. The Morgan fingerprint density at radius 2 is 2.24 bits per heavy atom. The van der Waals surface area contributed by atoms with Gasteiger partial charge in [-0.05, 0) is 33.1 Å². The van der Waals surface area contributed by atoms with Gasteiger partial charge in [-0.1, -0.05) is 0 Å². The van der Waals surface area contributed by atoms with Crippen molar-refractivity contribution in [2.24, 2.45) is 5.41 Å². The van der Waals surface area contributed by atoms with Crippen LogP contribution >= 0.6 is 0 Å². The molecule has 21 heavy (non-hydrogen) atoms. The van der Waals surface area contributed by atoms with Gasteiger partial charge in [0.15, 0.2) is 0 Å². The molecule has 0 unspecified atom stereocenters. The summed E-state index contributed by atoms with van der Waals surface area (Å²) in [6, 6.07) is 0. The van der Waals surface area contributed by atoms with Crippen molar-refractivity contribution in [3.63, 3.8) is 0 Å². The Morgan fingerprint density at radius 3 is 2.95 bits per heavy atom. The largest absolute Gasteiger partial charge is 0.392 e. The Morgan fingerprint density at radius 1 is 1.43 bits per heavy atom. The molecule has 114 valence electrons. The lowest BCUT2D eigenvalue weighted by atomic mass is 9.71. The lowest BCUT2D eigenvalue weighted by molar-refractivity contribution is -0.142. The van der Waals surface area contributed by atoms with Gasteiger partial charge in [0, 0.05) is 19.6 Å². The predicted octanol–water partition coefficient (Wildman–Crippen LogP) is 0.561. The van der Waals surface area contributed by atoms with Gasteiger partial charge in [-0.25, -0.2) is 4.98 Å². The average molecular weight is 290 g/mol. The summed E-state index contributed by atoms with van der Waals surface area (Å²) in [5.74, 6) is 0.769. The number of aryl methyl sites for hydroxylation is 2. The molecule has 6 heteroatoms. The molecule has 1 aromatic heterocycles. The maximum atomic E-state index is 12.3. The first-order valence-corrected chi connectivity index (χ1v) is 7.54. The fourth-order valence-corrected chi connectivity index (χ4v) is 3.32. The van der Waals surface area contributed by atoms with Crippen molar-refractivity contribution in [3.05, 3.63) is 17.6 Å². The molecule has 2 N–H and O–H groups in total. The van der Waals surface area contributed by atoms with E-state index < -0.39 is 11.5 Å². The Labute approximate surface area is 124 Å². The average Bonchev–Trinajstić information content (AvgIpc) is 2.48. The third kappa shape index (κ3) is 2.37. The molecule has 0 aromatic carbocycles. The molecule has 2 aliphatic rings. The van der Waals surface area contributed by atoms with Crippen molar-refractivity contribution < 1.29 is 9.90 Å². The van der Waals surface area contributed by atoms with Crippen LogP contribution in [-0.2, 0) is 4.79 Å². The van der Waals surface area contributed by atoms with Gasteiger partial charge < -0.3 is 15.3 Å². The minimum absolute atomic E-state index is 0.0252. The molecule has 6 nitrogen and oxygen atoms in total. The SMILES string of the molecule is Cc1ncc(N2CC[C@H](O)[C@@]3(CCCNC3=O)C2)nc1C. The van der Waals surface area contributed by atoms with Crippen molar-refractivity contribution >= 4 is 11.7 Å². The number of hydrogen-bond donors (Lipinski definition) is 2. The number of rotatable bonds is 1. The minimum atomic E-state index is -0.697. The van der Waals surface area contributed by atoms with Gasteiger partial charge >= 0.3 is 0 Å². The normalized spacial score (nSPS) is 29.6. The zero-order valence-electron chi connectivity index (χ0n) is 12.6. The van der Waals surface area contributed by atoms with Crippen LogP contribution in [0.2, 0.25) is 0 Å². The number of nitrogens with one attached hydrogen (secondary N) is 1. The van der Waals surface area contributed by atoms with Crippen LogP contribution < -0.4 is 10.2 Å². The highest BCUT2D eigenvalue weighted by atomic mass is 16.3. The fraction of sp³-hybridized carbons (Fsp3) is 0.667. The van der Waals surface area contributed by atoms with Gasteiger partial charge in [-0.3, -0.25) is 9.78 Å². The molecule has 2 fully saturated rings. The van der Waals surface area contributed by atoms with E-state index in [2.05, 4.69) is 20.2 Å². The molecule has 0 radical (unpaired) electrons. The highest BCUT2D eigenvalue weighted by molar-refractivity contribution is 5.85. The van der Waals surface area contributed by atoms with Gasteiger partial charge in [0.25, 0.3) is 0 Å². The topological polar surface area (TPSA) is 78.4 Å². The zero-order chi connectivity index (χ0) is 15.0. The molecule has 2 atom stereocenters. The summed E-state index contributed by atoms with van der Waals surface area (Å²) in [7, 11) is 0. The number of hydrogen-bond acceptors (Lipinski definition) is 5. The highest BCUT2D eigenvalue weighted by Gasteiger charge is 2.50. The van der Waals surface area contributed by atoms with Crippen LogP contribution in [0.1, 0.15) is 30.7 Å². The standard InChI is InChI=1S/C15H22N4O2/c1-10-11(2)18-13(8-17-10)19-7-4-12(20)15(9-19)5-3-6-16-14(15)21/h8,12,20H,3-7,9H2,1-2H3,(H,16,21)/t12-,15+/m0/s1. The Kier molecular flexibility index (Phi) is 3.57. The van der Waals surface area contributed by atoms with Gasteiger partial charge in [-0.2, -0.15) is 0 Å². The Balaban J connectivity index is 1.88. The van der Waals surface area contributed by atoms with Gasteiger partial charge in [0.1, 0.15) is 5.82 Å². The van der Waals surface area contributed by atoms with Crippen LogP contribution in [0.5, 0.6) is 0 Å². The molecule has 1 aromatic rings. The quantitative estimate of drug-likeness (QED) is 0.790. The predicted molar refractivity (Wildman–Crippen MR) is 79.0 cm³/mol. The van der Waals surface area contributed by atoms with E-state index in [1.807, 2.05) is 13.8 Å². The molecule has 2 aliphatic heterocycles. The molecule has 3 heterocycles. The number of aliphatic hydroxyl groups excluding tert-OH is 1. The second-order valence-electron chi connectivity index (χ2n) is 6.14. The summed E-state index contributed by atoms with van der Waals surface area (Å²) < 4.78 is 0. The number of piperidine rings is 2. The van der Waals surface area contributed by atoms with Crippen LogP contribution in [0.15, 0.2) is 6.20 Å². The lowest BCUT2D eigenvalue weighted by Gasteiger charge is -2.47. The van der Waals surface area contributed by atoms with Gasteiger partial charge in [-0.15, -0.1) is 0 Å². The molecule has 0 saturated carbocycles.